The van der Waals surface area contributed by atoms with Gasteiger partial charge >= 0.3 is 6.03 Å². The molecule has 5 rings (SSSR count). The number of carbonyl (C=O) groups excluding carboxylic acids is 2. The Kier molecular flexibility index (Phi) is 7.91. The van der Waals surface area contributed by atoms with Crippen LogP contribution in [0.3, 0.4) is 0 Å². The molecule has 1 fully saturated rings. The van der Waals surface area contributed by atoms with Gasteiger partial charge in [-0.05, 0) is 59.4 Å². The van der Waals surface area contributed by atoms with Crippen LogP contribution in [0.2, 0.25) is 0 Å². The highest BCUT2D eigenvalue weighted by molar-refractivity contribution is 6.02. The van der Waals surface area contributed by atoms with E-state index in [9.17, 15) is 18.4 Å². The molecule has 41 heavy (non-hydrogen) atoms. The second-order valence-corrected chi connectivity index (χ2v) is 11.3. The second-order valence-electron chi connectivity index (χ2n) is 11.3. The number of hydrogen-bond acceptors (Lipinski definition) is 5. The summed E-state index contributed by atoms with van der Waals surface area (Å²) < 4.78 is 33.4. The van der Waals surface area contributed by atoms with Crippen molar-refractivity contribution >= 4 is 18.3 Å². The van der Waals surface area contributed by atoms with E-state index < -0.39 is 35.9 Å². The van der Waals surface area contributed by atoms with Gasteiger partial charge in [0.15, 0.2) is 0 Å². The van der Waals surface area contributed by atoms with Crippen LogP contribution in [0.5, 0.6) is 5.75 Å². The Morgan fingerprint density at radius 2 is 1.63 bits per heavy atom. The van der Waals surface area contributed by atoms with Gasteiger partial charge in [0.2, 0.25) is 0 Å². The first-order valence-electron chi connectivity index (χ1n) is 13.8. The maximum Gasteiger partial charge on any atom is 0.332 e. The highest BCUT2D eigenvalue weighted by Crippen LogP contribution is 2.41. The van der Waals surface area contributed by atoms with Crippen molar-refractivity contribution in [3.63, 3.8) is 0 Å². The molecule has 0 saturated carbocycles. The fraction of sp³-hybridized carbons (Fsp3) is 0.344. The van der Waals surface area contributed by atoms with Crippen LogP contribution in [0.1, 0.15) is 68.1 Å². The number of ether oxygens (including phenoxy) is 1. The minimum Gasteiger partial charge on any atom is -0.494 e. The first-order valence-corrected chi connectivity index (χ1v) is 13.8. The van der Waals surface area contributed by atoms with E-state index in [1.165, 1.54) is 40.4 Å². The summed E-state index contributed by atoms with van der Waals surface area (Å²) in [5, 5.41) is 3.25. The molecule has 0 aliphatic carbocycles. The van der Waals surface area contributed by atoms with Gasteiger partial charge in [0.25, 0.3) is 5.91 Å². The summed E-state index contributed by atoms with van der Waals surface area (Å²) in [6, 6.07) is 15.0. The van der Waals surface area contributed by atoms with Gasteiger partial charge in [0, 0.05) is 18.7 Å². The van der Waals surface area contributed by atoms with Crippen LogP contribution < -0.4 is 10.1 Å². The van der Waals surface area contributed by atoms with Crippen LogP contribution >= 0.6 is 0 Å². The highest BCUT2D eigenvalue weighted by Gasteiger charge is 2.43. The molecule has 1 N–H and O–H groups in total. The van der Waals surface area contributed by atoms with E-state index in [0.717, 1.165) is 5.56 Å². The molecule has 9 heteroatoms. The van der Waals surface area contributed by atoms with Crippen LogP contribution in [0.25, 0.3) is 0 Å². The molecule has 2 aliphatic heterocycles. The molecule has 0 bridgehead atoms. The van der Waals surface area contributed by atoms with E-state index >= 15 is 0 Å². The molecule has 3 atom stereocenters. The molecule has 3 unspecified atom stereocenters. The van der Waals surface area contributed by atoms with Crippen LogP contribution in [-0.4, -0.2) is 47.8 Å². The molecule has 2 heterocycles. The summed E-state index contributed by atoms with van der Waals surface area (Å²) in [6.45, 7) is 9.20. The fourth-order valence-corrected chi connectivity index (χ4v) is 5.31. The highest BCUT2D eigenvalue weighted by atomic mass is 19.1. The summed E-state index contributed by atoms with van der Waals surface area (Å²) in [4.78, 5) is 35.1. The Labute approximate surface area is 238 Å². The topological polar surface area (TPSA) is 74.2 Å². The molecule has 214 valence electrons. The third kappa shape index (κ3) is 5.72. The molecule has 3 amide bonds. The Morgan fingerprint density at radius 3 is 2.24 bits per heavy atom. The largest absolute Gasteiger partial charge is 0.494 e. The van der Waals surface area contributed by atoms with Gasteiger partial charge in [0.05, 0.1) is 19.0 Å². The summed E-state index contributed by atoms with van der Waals surface area (Å²) in [7, 11) is 0. The van der Waals surface area contributed by atoms with E-state index in [0.29, 0.717) is 35.6 Å². The summed E-state index contributed by atoms with van der Waals surface area (Å²) in [5.74, 6) is -0.599. The van der Waals surface area contributed by atoms with Gasteiger partial charge in [-0.25, -0.2) is 13.6 Å². The number of imide groups is 1. The van der Waals surface area contributed by atoms with Gasteiger partial charge in [-0.2, -0.15) is 0 Å². The summed E-state index contributed by atoms with van der Waals surface area (Å²) in [5.41, 5.74) is 2.96. The van der Waals surface area contributed by atoms with E-state index in [1.54, 1.807) is 24.3 Å². The first kappa shape index (κ1) is 28.4. The monoisotopic (exact) mass is 560 g/mol. The molecule has 1 saturated heterocycles. The molecular formula is C32H34F2N4O3. The lowest BCUT2D eigenvalue weighted by Crippen LogP contribution is -2.56. The number of benzene rings is 3. The van der Waals surface area contributed by atoms with Crippen molar-refractivity contribution in [1.29, 1.82) is 0 Å². The maximum absolute atomic E-state index is 14.0. The zero-order chi connectivity index (χ0) is 29.3. The minimum atomic E-state index is -0.778. The fourth-order valence-electron chi connectivity index (χ4n) is 5.31. The van der Waals surface area contributed by atoms with E-state index in [2.05, 4.69) is 31.1 Å². The van der Waals surface area contributed by atoms with Crippen LogP contribution in [0.15, 0.2) is 71.7 Å². The molecule has 0 spiro atoms. The third-order valence-corrected chi connectivity index (χ3v) is 7.51. The molecule has 2 aliphatic rings. The molecule has 7 nitrogen and oxygen atoms in total. The lowest BCUT2D eigenvalue weighted by Gasteiger charge is -2.36. The van der Waals surface area contributed by atoms with Gasteiger partial charge in [0.1, 0.15) is 29.5 Å². The normalized spacial score (nSPS) is 20.9. The zero-order valence-corrected chi connectivity index (χ0v) is 23.6. The SMILES string of the molecule is CCOc1cc(C(C)(C)C)ccc1C1NCCN(C(=O)N2C=NC(c3ccc(F)cc3)C2c2ccc(F)cc2)C1=O. The Bertz CT molecular complexity index is 1450. The van der Waals surface area contributed by atoms with Crippen LogP contribution in [0, 0.1) is 11.6 Å². The summed E-state index contributed by atoms with van der Waals surface area (Å²) >= 11 is 0. The number of nitrogens with one attached hydrogen (secondary N) is 1. The predicted octanol–water partition coefficient (Wildman–Crippen LogP) is 6.08. The number of hydrogen-bond donors (Lipinski definition) is 1. The Balaban J connectivity index is 1.46. The molecule has 0 radical (unpaired) electrons. The van der Waals surface area contributed by atoms with Gasteiger partial charge in [-0.15, -0.1) is 0 Å². The number of urea groups is 1. The van der Waals surface area contributed by atoms with Crippen LogP contribution in [-0.2, 0) is 10.2 Å². The van der Waals surface area contributed by atoms with Crippen molar-refractivity contribution in [3.05, 3.63) is 101 Å². The molecule has 0 aromatic heterocycles. The van der Waals surface area contributed by atoms with E-state index in [1.807, 2.05) is 25.1 Å². The molecule has 3 aromatic rings. The Hall–Kier alpha value is -4.11. The number of carbonyl (C=O) groups is 2. The van der Waals surface area contributed by atoms with Crippen molar-refractivity contribution in [3.8, 4) is 5.75 Å². The van der Waals surface area contributed by atoms with Crippen molar-refractivity contribution < 1.29 is 23.1 Å². The third-order valence-electron chi connectivity index (χ3n) is 7.51. The van der Waals surface area contributed by atoms with E-state index in [-0.39, 0.29) is 17.8 Å². The van der Waals surface area contributed by atoms with E-state index in [4.69, 9.17) is 4.74 Å². The van der Waals surface area contributed by atoms with Gasteiger partial charge in [-0.3, -0.25) is 19.6 Å². The Morgan fingerprint density at radius 1 is 1.00 bits per heavy atom. The lowest BCUT2D eigenvalue weighted by atomic mass is 9.85. The quantitative estimate of drug-likeness (QED) is 0.411. The second kappa shape index (κ2) is 11.4. The first-order chi connectivity index (χ1) is 19.6. The predicted molar refractivity (Wildman–Crippen MR) is 153 cm³/mol. The van der Waals surface area contributed by atoms with Crippen LogP contribution in [0.4, 0.5) is 13.6 Å². The molecular weight excluding hydrogens is 526 g/mol. The standard InChI is InChI=1S/C32H34F2N4O3/c1-5-41-26-18-22(32(2,3)4)10-15-25(26)28-30(39)37(17-16-35-28)31(40)38-19-36-27(20-6-11-23(33)12-7-20)29(38)21-8-13-24(34)14-9-21/h6-15,18-19,27-29,35H,5,16-17H2,1-4H3. The van der Waals surface area contributed by atoms with Crippen molar-refractivity contribution in [2.45, 2.75) is 51.2 Å². The minimum absolute atomic E-state index is 0.109. The van der Waals surface area contributed by atoms with Crippen molar-refractivity contribution in [2.24, 2.45) is 4.99 Å². The smallest absolute Gasteiger partial charge is 0.332 e. The number of aliphatic imine (C=N–C) groups is 1. The maximum atomic E-state index is 14.0. The number of halogens is 2. The van der Waals surface area contributed by atoms with Crippen molar-refractivity contribution in [1.82, 2.24) is 15.1 Å². The average molecular weight is 561 g/mol. The lowest BCUT2D eigenvalue weighted by molar-refractivity contribution is -0.133. The average Bonchev–Trinajstić information content (AvgIpc) is 3.39. The van der Waals surface area contributed by atoms with Gasteiger partial charge in [-0.1, -0.05) is 57.2 Å². The van der Waals surface area contributed by atoms with Gasteiger partial charge < -0.3 is 10.1 Å². The zero-order valence-electron chi connectivity index (χ0n) is 23.6. The number of rotatable bonds is 5. The number of piperazine rings is 1. The molecule has 3 aromatic carbocycles. The van der Waals surface area contributed by atoms with Crippen molar-refractivity contribution in [2.75, 3.05) is 19.7 Å². The number of nitrogens with zero attached hydrogens (tertiary/aromatic N) is 3. The summed E-state index contributed by atoms with van der Waals surface area (Å²) in [6.07, 6.45) is 1.42. The number of amides is 3.